The molecule has 1 aliphatic rings. The zero-order chi connectivity index (χ0) is 13.0. The summed E-state index contributed by atoms with van der Waals surface area (Å²) in [4.78, 5) is 0. The molecule has 1 aliphatic carbocycles. The van der Waals surface area contributed by atoms with E-state index in [2.05, 4.69) is 34.6 Å². The lowest BCUT2D eigenvalue weighted by atomic mass is 9.70. The molecule has 5 atom stereocenters. The molecular weight excluding hydrogens is 208 g/mol. The minimum atomic E-state index is -0.0480. The third-order valence-electron chi connectivity index (χ3n) is 5.04. The molecule has 0 aromatic rings. The molecule has 0 aromatic heterocycles. The van der Waals surface area contributed by atoms with Crippen molar-refractivity contribution < 1.29 is 5.11 Å². The number of aliphatic hydroxyl groups excluding tert-OH is 1. The molecule has 1 heteroatoms. The number of rotatable bonds is 5. The topological polar surface area (TPSA) is 20.2 Å². The molecule has 1 rings (SSSR count). The van der Waals surface area contributed by atoms with Crippen LogP contribution in [0.2, 0.25) is 0 Å². The summed E-state index contributed by atoms with van der Waals surface area (Å²) in [5, 5.41) is 10.2. The standard InChI is InChI=1S/C16H32O/c1-6-12(4)9-13(5)14-7-8-15(11(2)3)16(17)10-14/h11-17H,6-10H2,1-5H3. The van der Waals surface area contributed by atoms with Crippen LogP contribution in [0.1, 0.15) is 66.7 Å². The van der Waals surface area contributed by atoms with Gasteiger partial charge in [0.05, 0.1) is 6.10 Å². The van der Waals surface area contributed by atoms with Gasteiger partial charge in [-0.15, -0.1) is 0 Å². The van der Waals surface area contributed by atoms with Crippen molar-refractivity contribution in [1.29, 1.82) is 0 Å². The summed E-state index contributed by atoms with van der Waals surface area (Å²) in [5.74, 6) is 3.56. The summed E-state index contributed by atoms with van der Waals surface area (Å²) in [5.41, 5.74) is 0. The van der Waals surface area contributed by atoms with E-state index in [-0.39, 0.29) is 6.10 Å². The quantitative estimate of drug-likeness (QED) is 0.750. The molecule has 1 nitrogen and oxygen atoms in total. The Balaban J connectivity index is 2.43. The van der Waals surface area contributed by atoms with Crippen molar-refractivity contribution >= 4 is 0 Å². The first-order valence-corrected chi connectivity index (χ1v) is 7.63. The molecule has 0 amide bonds. The first-order valence-electron chi connectivity index (χ1n) is 7.63. The summed E-state index contributed by atoms with van der Waals surface area (Å²) >= 11 is 0. The Morgan fingerprint density at radius 2 is 1.76 bits per heavy atom. The first-order chi connectivity index (χ1) is 7.95. The zero-order valence-corrected chi connectivity index (χ0v) is 12.4. The maximum absolute atomic E-state index is 10.2. The van der Waals surface area contributed by atoms with E-state index in [1.54, 1.807) is 0 Å². The minimum Gasteiger partial charge on any atom is -0.393 e. The molecule has 5 unspecified atom stereocenters. The second-order valence-corrected chi connectivity index (χ2v) is 6.77. The minimum absolute atomic E-state index is 0.0480. The van der Waals surface area contributed by atoms with Crippen molar-refractivity contribution in [2.45, 2.75) is 72.8 Å². The highest BCUT2D eigenvalue weighted by molar-refractivity contribution is 4.84. The first kappa shape index (κ1) is 15.0. The number of hydrogen-bond acceptors (Lipinski definition) is 1. The van der Waals surface area contributed by atoms with Gasteiger partial charge in [-0.2, -0.15) is 0 Å². The van der Waals surface area contributed by atoms with Crippen molar-refractivity contribution in [3.05, 3.63) is 0 Å². The molecule has 1 saturated carbocycles. The molecular formula is C16H32O. The molecule has 0 spiro atoms. The Labute approximate surface area is 108 Å². The Kier molecular flexibility index (Phi) is 5.99. The molecule has 0 bridgehead atoms. The van der Waals surface area contributed by atoms with Gasteiger partial charge in [0.15, 0.2) is 0 Å². The Morgan fingerprint density at radius 3 is 2.24 bits per heavy atom. The van der Waals surface area contributed by atoms with Crippen LogP contribution < -0.4 is 0 Å². The van der Waals surface area contributed by atoms with E-state index < -0.39 is 0 Å². The summed E-state index contributed by atoms with van der Waals surface area (Å²) < 4.78 is 0. The van der Waals surface area contributed by atoms with Gasteiger partial charge in [-0.25, -0.2) is 0 Å². The maximum Gasteiger partial charge on any atom is 0.0573 e. The summed E-state index contributed by atoms with van der Waals surface area (Å²) in [7, 11) is 0. The van der Waals surface area contributed by atoms with Gasteiger partial charge < -0.3 is 5.11 Å². The van der Waals surface area contributed by atoms with E-state index in [0.29, 0.717) is 11.8 Å². The average Bonchev–Trinajstić information content (AvgIpc) is 2.28. The molecule has 0 aliphatic heterocycles. The third kappa shape index (κ3) is 4.28. The van der Waals surface area contributed by atoms with E-state index in [1.165, 1.54) is 25.7 Å². The smallest absolute Gasteiger partial charge is 0.0573 e. The van der Waals surface area contributed by atoms with Crippen LogP contribution in [-0.4, -0.2) is 11.2 Å². The van der Waals surface area contributed by atoms with Crippen molar-refractivity contribution in [2.24, 2.45) is 29.6 Å². The van der Waals surface area contributed by atoms with E-state index in [1.807, 2.05) is 0 Å². The number of aliphatic hydroxyl groups is 1. The summed E-state index contributed by atoms with van der Waals surface area (Å²) in [6.07, 6.45) is 6.17. The summed E-state index contributed by atoms with van der Waals surface area (Å²) in [6.45, 7) is 11.5. The van der Waals surface area contributed by atoms with Gasteiger partial charge in [-0.3, -0.25) is 0 Å². The van der Waals surface area contributed by atoms with Crippen LogP contribution in [-0.2, 0) is 0 Å². The molecule has 102 valence electrons. The van der Waals surface area contributed by atoms with Crippen molar-refractivity contribution in [1.82, 2.24) is 0 Å². The highest BCUT2D eigenvalue weighted by Crippen LogP contribution is 2.38. The van der Waals surface area contributed by atoms with Crippen LogP contribution in [0.15, 0.2) is 0 Å². The van der Waals surface area contributed by atoms with Crippen molar-refractivity contribution in [2.75, 3.05) is 0 Å². The fraction of sp³-hybridized carbons (Fsp3) is 1.00. The Morgan fingerprint density at radius 1 is 1.12 bits per heavy atom. The van der Waals surface area contributed by atoms with Crippen LogP contribution in [0, 0.1) is 29.6 Å². The fourth-order valence-corrected chi connectivity index (χ4v) is 3.49. The van der Waals surface area contributed by atoms with Crippen LogP contribution in [0.4, 0.5) is 0 Å². The number of hydrogen-bond donors (Lipinski definition) is 1. The van der Waals surface area contributed by atoms with Gasteiger partial charge >= 0.3 is 0 Å². The van der Waals surface area contributed by atoms with Crippen LogP contribution in [0.5, 0.6) is 0 Å². The molecule has 17 heavy (non-hydrogen) atoms. The molecule has 0 saturated heterocycles. The zero-order valence-electron chi connectivity index (χ0n) is 12.4. The van der Waals surface area contributed by atoms with Gasteiger partial charge in [0.25, 0.3) is 0 Å². The molecule has 1 N–H and O–H groups in total. The highest BCUT2D eigenvalue weighted by atomic mass is 16.3. The van der Waals surface area contributed by atoms with E-state index >= 15 is 0 Å². The predicted molar refractivity (Wildman–Crippen MR) is 74.9 cm³/mol. The van der Waals surface area contributed by atoms with Gasteiger partial charge in [-0.05, 0) is 55.3 Å². The molecule has 0 radical (unpaired) electrons. The molecule has 0 aromatic carbocycles. The van der Waals surface area contributed by atoms with Crippen molar-refractivity contribution in [3.63, 3.8) is 0 Å². The van der Waals surface area contributed by atoms with E-state index in [4.69, 9.17) is 0 Å². The average molecular weight is 240 g/mol. The van der Waals surface area contributed by atoms with Gasteiger partial charge in [0.2, 0.25) is 0 Å². The molecule has 0 heterocycles. The van der Waals surface area contributed by atoms with Gasteiger partial charge in [0.1, 0.15) is 0 Å². The normalized spacial score (nSPS) is 33.7. The van der Waals surface area contributed by atoms with Crippen LogP contribution >= 0.6 is 0 Å². The Hall–Kier alpha value is -0.0400. The third-order valence-corrected chi connectivity index (χ3v) is 5.04. The highest BCUT2D eigenvalue weighted by Gasteiger charge is 2.33. The lowest BCUT2D eigenvalue weighted by molar-refractivity contribution is 0.00816. The van der Waals surface area contributed by atoms with Crippen molar-refractivity contribution in [3.8, 4) is 0 Å². The largest absolute Gasteiger partial charge is 0.393 e. The van der Waals surface area contributed by atoms with Gasteiger partial charge in [0, 0.05) is 0 Å². The Bertz CT molecular complexity index is 212. The van der Waals surface area contributed by atoms with Crippen LogP contribution in [0.25, 0.3) is 0 Å². The second-order valence-electron chi connectivity index (χ2n) is 6.77. The SMILES string of the molecule is CCC(C)CC(C)C1CCC(C(C)C)C(O)C1. The van der Waals surface area contributed by atoms with E-state index in [0.717, 1.165) is 24.2 Å². The monoisotopic (exact) mass is 240 g/mol. The predicted octanol–water partition coefficient (Wildman–Crippen LogP) is 4.49. The maximum atomic E-state index is 10.2. The lowest BCUT2D eigenvalue weighted by Crippen LogP contribution is -2.35. The van der Waals surface area contributed by atoms with Gasteiger partial charge in [-0.1, -0.05) is 41.0 Å². The second kappa shape index (κ2) is 6.78. The van der Waals surface area contributed by atoms with E-state index in [9.17, 15) is 5.11 Å². The molecule has 1 fully saturated rings. The van der Waals surface area contributed by atoms with Crippen LogP contribution in [0.3, 0.4) is 0 Å². The summed E-state index contributed by atoms with van der Waals surface area (Å²) in [6, 6.07) is 0. The fourth-order valence-electron chi connectivity index (χ4n) is 3.49. The lowest BCUT2D eigenvalue weighted by Gasteiger charge is -2.38.